The fraction of sp³-hybridized carbons (Fsp3) is 1.00. The summed E-state index contributed by atoms with van der Waals surface area (Å²) in [6.45, 7) is 6.18. The Morgan fingerprint density at radius 3 is 2.79 bits per heavy atom. The first-order valence-electron chi connectivity index (χ1n) is 5.85. The van der Waals surface area contributed by atoms with Crippen LogP contribution in [0.4, 0.5) is 0 Å². The number of likely N-dealkylation sites (N-methyl/N-ethyl adjacent to an activating group) is 1. The van der Waals surface area contributed by atoms with Gasteiger partial charge in [-0.2, -0.15) is 0 Å². The van der Waals surface area contributed by atoms with Gasteiger partial charge >= 0.3 is 0 Å². The van der Waals surface area contributed by atoms with Crippen molar-refractivity contribution in [3.8, 4) is 0 Å². The molecule has 0 radical (unpaired) electrons. The molecule has 3 heteroatoms. The minimum atomic E-state index is 0.778. The van der Waals surface area contributed by atoms with E-state index in [0.29, 0.717) is 0 Å². The minimum absolute atomic E-state index is 0.778. The van der Waals surface area contributed by atoms with Gasteiger partial charge in [0.25, 0.3) is 0 Å². The van der Waals surface area contributed by atoms with E-state index in [1.54, 1.807) is 0 Å². The first-order valence-corrected chi connectivity index (χ1v) is 5.85. The van der Waals surface area contributed by atoms with Gasteiger partial charge < -0.3 is 15.1 Å². The molecule has 2 aliphatic heterocycles. The lowest BCUT2D eigenvalue weighted by molar-refractivity contribution is 0.171. The van der Waals surface area contributed by atoms with E-state index in [-0.39, 0.29) is 0 Å². The van der Waals surface area contributed by atoms with Crippen molar-refractivity contribution >= 4 is 0 Å². The van der Waals surface area contributed by atoms with Crippen LogP contribution in [0.1, 0.15) is 12.8 Å². The summed E-state index contributed by atoms with van der Waals surface area (Å²) in [4.78, 5) is 4.98. The van der Waals surface area contributed by atoms with Gasteiger partial charge in [0.15, 0.2) is 0 Å². The number of rotatable bonds is 2. The standard InChI is InChI=1S/C11H23N3/c1-13-5-3-10(9-13)7-11-8-12-4-6-14(11)2/h10-12H,3-9H2,1-2H3. The molecule has 2 aliphatic rings. The van der Waals surface area contributed by atoms with Crippen molar-refractivity contribution in [1.29, 1.82) is 0 Å². The summed E-state index contributed by atoms with van der Waals surface area (Å²) in [6, 6.07) is 0.778. The molecular weight excluding hydrogens is 174 g/mol. The summed E-state index contributed by atoms with van der Waals surface area (Å²) in [5, 5.41) is 3.50. The first kappa shape index (κ1) is 10.4. The molecule has 2 saturated heterocycles. The Morgan fingerprint density at radius 1 is 1.29 bits per heavy atom. The van der Waals surface area contributed by atoms with Crippen molar-refractivity contribution in [2.45, 2.75) is 18.9 Å². The molecular formula is C11H23N3. The van der Waals surface area contributed by atoms with E-state index >= 15 is 0 Å². The molecule has 1 N–H and O–H groups in total. The molecule has 0 aromatic heterocycles. The smallest absolute Gasteiger partial charge is 0.0221 e. The van der Waals surface area contributed by atoms with Crippen LogP contribution >= 0.6 is 0 Å². The number of nitrogens with zero attached hydrogens (tertiary/aromatic N) is 2. The fourth-order valence-electron chi connectivity index (χ4n) is 2.73. The van der Waals surface area contributed by atoms with Gasteiger partial charge in [-0.15, -0.1) is 0 Å². The summed E-state index contributed by atoms with van der Waals surface area (Å²) in [5.41, 5.74) is 0. The molecule has 0 spiro atoms. The normalized spacial score (nSPS) is 36.4. The molecule has 2 fully saturated rings. The van der Waals surface area contributed by atoms with Crippen molar-refractivity contribution in [2.75, 3.05) is 46.8 Å². The van der Waals surface area contributed by atoms with E-state index in [2.05, 4.69) is 29.2 Å². The van der Waals surface area contributed by atoms with Gasteiger partial charge in [0.05, 0.1) is 0 Å². The predicted molar refractivity (Wildman–Crippen MR) is 59.5 cm³/mol. The average Bonchev–Trinajstić information content (AvgIpc) is 2.56. The number of hydrogen-bond donors (Lipinski definition) is 1. The zero-order valence-corrected chi connectivity index (χ0v) is 9.50. The Balaban J connectivity index is 1.78. The zero-order valence-electron chi connectivity index (χ0n) is 9.50. The second-order valence-corrected chi connectivity index (χ2v) is 4.99. The Hall–Kier alpha value is -0.120. The Labute approximate surface area is 87.4 Å². The van der Waals surface area contributed by atoms with Crippen LogP contribution in [-0.4, -0.2) is 62.7 Å². The lowest BCUT2D eigenvalue weighted by atomic mass is 9.97. The monoisotopic (exact) mass is 197 g/mol. The van der Waals surface area contributed by atoms with Crippen molar-refractivity contribution < 1.29 is 0 Å². The molecule has 2 unspecified atom stereocenters. The highest BCUT2D eigenvalue weighted by Gasteiger charge is 2.26. The third kappa shape index (κ3) is 2.47. The van der Waals surface area contributed by atoms with Crippen LogP contribution in [0.2, 0.25) is 0 Å². The molecule has 0 aromatic carbocycles. The van der Waals surface area contributed by atoms with Crippen molar-refractivity contribution in [3.05, 3.63) is 0 Å². The highest BCUT2D eigenvalue weighted by molar-refractivity contribution is 4.83. The van der Waals surface area contributed by atoms with Crippen LogP contribution < -0.4 is 5.32 Å². The van der Waals surface area contributed by atoms with Crippen molar-refractivity contribution in [2.24, 2.45) is 5.92 Å². The molecule has 3 nitrogen and oxygen atoms in total. The topological polar surface area (TPSA) is 18.5 Å². The van der Waals surface area contributed by atoms with E-state index in [4.69, 9.17) is 0 Å². The Morgan fingerprint density at radius 2 is 2.14 bits per heavy atom. The van der Waals surface area contributed by atoms with Crippen LogP contribution in [0.15, 0.2) is 0 Å². The highest BCUT2D eigenvalue weighted by Crippen LogP contribution is 2.21. The summed E-state index contributed by atoms with van der Waals surface area (Å²) in [7, 11) is 4.51. The lowest BCUT2D eigenvalue weighted by Crippen LogP contribution is -2.50. The zero-order chi connectivity index (χ0) is 9.97. The number of nitrogens with one attached hydrogen (secondary N) is 1. The number of piperazine rings is 1. The van der Waals surface area contributed by atoms with Gasteiger partial charge in [-0.25, -0.2) is 0 Å². The molecule has 2 rings (SSSR count). The van der Waals surface area contributed by atoms with Crippen molar-refractivity contribution in [1.82, 2.24) is 15.1 Å². The molecule has 82 valence electrons. The second kappa shape index (κ2) is 4.60. The van der Waals surface area contributed by atoms with E-state index < -0.39 is 0 Å². The van der Waals surface area contributed by atoms with Crippen LogP contribution in [0.25, 0.3) is 0 Å². The lowest BCUT2D eigenvalue weighted by Gasteiger charge is -2.34. The molecule has 0 aliphatic carbocycles. The maximum absolute atomic E-state index is 3.50. The van der Waals surface area contributed by atoms with Crippen LogP contribution in [-0.2, 0) is 0 Å². The Bertz CT molecular complexity index is 183. The summed E-state index contributed by atoms with van der Waals surface area (Å²) >= 11 is 0. The molecule has 0 bridgehead atoms. The fourth-order valence-corrected chi connectivity index (χ4v) is 2.73. The minimum Gasteiger partial charge on any atom is -0.314 e. The molecule has 2 heterocycles. The van der Waals surface area contributed by atoms with Gasteiger partial charge in [0.1, 0.15) is 0 Å². The summed E-state index contributed by atoms with van der Waals surface area (Å²) in [6.07, 6.45) is 2.79. The average molecular weight is 197 g/mol. The van der Waals surface area contributed by atoms with Crippen LogP contribution in [0, 0.1) is 5.92 Å². The SMILES string of the molecule is CN1CCC(CC2CNCCN2C)C1. The van der Waals surface area contributed by atoms with Gasteiger partial charge in [0.2, 0.25) is 0 Å². The van der Waals surface area contributed by atoms with Gasteiger partial charge in [-0.1, -0.05) is 0 Å². The third-order valence-electron chi connectivity index (χ3n) is 3.74. The third-order valence-corrected chi connectivity index (χ3v) is 3.74. The van der Waals surface area contributed by atoms with Gasteiger partial charge in [-0.05, 0) is 39.4 Å². The first-order chi connectivity index (χ1) is 6.75. The number of likely N-dealkylation sites (tertiary alicyclic amines) is 1. The molecule has 0 saturated carbocycles. The van der Waals surface area contributed by atoms with E-state index in [0.717, 1.165) is 18.5 Å². The molecule has 2 atom stereocenters. The molecule has 0 aromatic rings. The Kier molecular flexibility index (Phi) is 3.42. The summed E-state index contributed by atoms with van der Waals surface area (Å²) < 4.78 is 0. The van der Waals surface area contributed by atoms with Gasteiger partial charge in [-0.3, -0.25) is 0 Å². The van der Waals surface area contributed by atoms with E-state index in [1.165, 1.54) is 39.0 Å². The van der Waals surface area contributed by atoms with Crippen molar-refractivity contribution in [3.63, 3.8) is 0 Å². The largest absolute Gasteiger partial charge is 0.314 e. The second-order valence-electron chi connectivity index (χ2n) is 4.99. The maximum Gasteiger partial charge on any atom is 0.0221 e. The molecule has 0 amide bonds. The van der Waals surface area contributed by atoms with Gasteiger partial charge in [0, 0.05) is 32.2 Å². The highest BCUT2D eigenvalue weighted by atomic mass is 15.2. The maximum atomic E-state index is 3.50. The van der Waals surface area contributed by atoms with E-state index in [1.807, 2.05) is 0 Å². The van der Waals surface area contributed by atoms with E-state index in [9.17, 15) is 0 Å². The number of hydrogen-bond acceptors (Lipinski definition) is 3. The van der Waals surface area contributed by atoms with Crippen LogP contribution in [0.3, 0.4) is 0 Å². The van der Waals surface area contributed by atoms with Crippen LogP contribution in [0.5, 0.6) is 0 Å². The predicted octanol–water partition coefficient (Wildman–Crippen LogP) is 0.232. The molecule has 14 heavy (non-hydrogen) atoms. The summed E-state index contributed by atoms with van der Waals surface area (Å²) in [5.74, 6) is 0.937. The quantitative estimate of drug-likeness (QED) is 0.684.